The molecule has 6 unspecified atom stereocenters. The molecule has 0 spiro atoms. The van der Waals surface area contributed by atoms with Gasteiger partial charge in [-0.15, -0.1) is 0 Å². The van der Waals surface area contributed by atoms with Crippen LogP contribution in [0.5, 0.6) is 0 Å². The highest BCUT2D eigenvalue weighted by atomic mass is 16.6. The van der Waals surface area contributed by atoms with E-state index in [1.54, 1.807) is 0 Å². The highest BCUT2D eigenvalue weighted by Gasteiger charge is 2.46. The van der Waals surface area contributed by atoms with E-state index in [4.69, 9.17) is 9.47 Å². The average Bonchev–Trinajstić information content (AvgIpc) is 3.11. The van der Waals surface area contributed by atoms with Crippen molar-refractivity contribution in [2.24, 2.45) is 17.8 Å². The van der Waals surface area contributed by atoms with Crippen molar-refractivity contribution in [3.8, 4) is 0 Å². The van der Waals surface area contributed by atoms with Crippen LogP contribution in [0.3, 0.4) is 0 Å². The maximum atomic E-state index is 5.87. The van der Waals surface area contributed by atoms with E-state index in [1.165, 1.54) is 38.5 Å². The maximum absolute atomic E-state index is 5.87. The van der Waals surface area contributed by atoms with Crippen LogP contribution < -0.4 is 0 Å². The van der Waals surface area contributed by atoms with E-state index in [1.807, 2.05) is 0 Å². The van der Waals surface area contributed by atoms with Crippen LogP contribution in [0, 0.1) is 17.8 Å². The summed E-state index contributed by atoms with van der Waals surface area (Å²) in [6.07, 6.45) is 9.77. The van der Waals surface area contributed by atoms with E-state index in [2.05, 4.69) is 13.8 Å². The third kappa shape index (κ3) is 2.53. The minimum Gasteiger partial charge on any atom is -0.378 e. The van der Waals surface area contributed by atoms with Gasteiger partial charge in [0.05, 0.1) is 24.9 Å². The van der Waals surface area contributed by atoms with Crippen LogP contribution in [0.4, 0.5) is 0 Å². The molecule has 0 bridgehead atoms. The van der Waals surface area contributed by atoms with Crippen molar-refractivity contribution in [2.75, 3.05) is 6.61 Å². The van der Waals surface area contributed by atoms with Crippen LogP contribution in [0.2, 0.25) is 0 Å². The Balaban J connectivity index is 1.58. The fourth-order valence-electron chi connectivity index (χ4n) is 4.12. The molecule has 0 aromatic carbocycles. The predicted molar refractivity (Wildman–Crippen MR) is 67.9 cm³/mol. The molecule has 3 rings (SSSR count). The summed E-state index contributed by atoms with van der Waals surface area (Å²) in [4.78, 5) is 0. The lowest BCUT2D eigenvalue weighted by Gasteiger charge is -2.37. The summed E-state index contributed by atoms with van der Waals surface area (Å²) in [5.41, 5.74) is 0. The van der Waals surface area contributed by atoms with Crippen LogP contribution in [0.25, 0.3) is 0 Å². The summed E-state index contributed by atoms with van der Waals surface area (Å²) in [5, 5.41) is 0. The Morgan fingerprint density at radius 2 is 1.88 bits per heavy atom. The second kappa shape index (κ2) is 4.89. The summed E-state index contributed by atoms with van der Waals surface area (Å²) < 4.78 is 11.5. The highest BCUT2D eigenvalue weighted by Crippen LogP contribution is 2.45. The van der Waals surface area contributed by atoms with Gasteiger partial charge in [-0.1, -0.05) is 13.3 Å². The van der Waals surface area contributed by atoms with Crippen LogP contribution >= 0.6 is 0 Å². The van der Waals surface area contributed by atoms with Crippen molar-refractivity contribution in [3.05, 3.63) is 0 Å². The maximum Gasteiger partial charge on any atom is 0.0844 e. The largest absolute Gasteiger partial charge is 0.378 e. The Labute approximate surface area is 105 Å². The molecule has 1 saturated carbocycles. The summed E-state index contributed by atoms with van der Waals surface area (Å²) in [7, 11) is 0. The first-order valence-electron chi connectivity index (χ1n) is 7.55. The van der Waals surface area contributed by atoms with Gasteiger partial charge in [0.15, 0.2) is 0 Å². The molecular weight excluding hydrogens is 212 g/mol. The Morgan fingerprint density at radius 1 is 1.06 bits per heavy atom. The molecule has 98 valence electrons. The van der Waals surface area contributed by atoms with Crippen LogP contribution in [-0.2, 0) is 9.47 Å². The molecule has 0 aromatic rings. The lowest BCUT2D eigenvalue weighted by molar-refractivity contribution is -0.0347. The number of hydrogen-bond acceptors (Lipinski definition) is 2. The van der Waals surface area contributed by atoms with Gasteiger partial charge >= 0.3 is 0 Å². The van der Waals surface area contributed by atoms with Crippen molar-refractivity contribution >= 4 is 0 Å². The summed E-state index contributed by atoms with van der Waals surface area (Å²) in [6, 6.07) is 0. The van der Waals surface area contributed by atoms with Crippen molar-refractivity contribution in [3.63, 3.8) is 0 Å². The Kier molecular flexibility index (Phi) is 3.45. The molecule has 3 aliphatic rings. The molecular formula is C15H26O2. The van der Waals surface area contributed by atoms with Crippen molar-refractivity contribution in [2.45, 2.75) is 70.7 Å². The smallest absolute Gasteiger partial charge is 0.0844 e. The third-order valence-electron chi connectivity index (χ3n) is 5.27. The van der Waals surface area contributed by atoms with Gasteiger partial charge in [0, 0.05) is 0 Å². The second-order valence-corrected chi connectivity index (χ2v) is 6.34. The Morgan fingerprint density at radius 3 is 2.53 bits per heavy atom. The molecule has 2 heterocycles. The topological polar surface area (TPSA) is 21.8 Å². The molecule has 0 aromatic heterocycles. The third-order valence-corrected chi connectivity index (χ3v) is 5.27. The molecule has 2 aliphatic heterocycles. The molecule has 2 nitrogen and oxygen atoms in total. The first kappa shape index (κ1) is 12.0. The van der Waals surface area contributed by atoms with E-state index in [0.29, 0.717) is 18.3 Å². The zero-order valence-electron chi connectivity index (χ0n) is 11.2. The standard InChI is InChI=1S/C15H26O2/c1-3-13(12-5-4-10(2)16-9-12)11-6-7-14-15(8-11)17-14/h10-15H,3-9H2,1-2H3. The first-order chi connectivity index (χ1) is 8.28. The molecule has 2 saturated heterocycles. The van der Waals surface area contributed by atoms with Gasteiger partial charge in [-0.05, 0) is 56.8 Å². The van der Waals surface area contributed by atoms with Crippen LogP contribution in [0.1, 0.15) is 52.4 Å². The molecule has 0 amide bonds. The highest BCUT2D eigenvalue weighted by molar-refractivity contribution is 4.94. The number of rotatable bonds is 3. The molecule has 3 fully saturated rings. The van der Waals surface area contributed by atoms with Gasteiger partial charge in [0.1, 0.15) is 0 Å². The number of fused-ring (bicyclic) bond motifs is 1. The summed E-state index contributed by atoms with van der Waals surface area (Å²) in [6.45, 7) is 5.58. The molecule has 0 radical (unpaired) electrons. The quantitative estimate of drug-likeness (QED) is 0.703. The fraction of sp³-hybridized carbons (Fsp3) is 1.00. The van der Waals surface area contributed by atoms with Crippen molar-refractivity contribution < 1.29 is 9.47 Å². The normalized spacial score (nSPS) is 47.3. The molecule has 1 aliphatic carbocycles. The van der Waals surface area contributed by atoms with E-state index in [9.17, 15) is 0 Å². The lowest BCUT2D eigenvalue weighted by atomic mass is 9.71. The molecule has 6 atom stereocenters. The first-order valence-corrected chi connectivity index (χ1v) is 7.55. The van der Waals surface area contributed by atoms with E-state index in [0.717, 1.165) is 24.4 Å². The Hall–Kier alpha value is -0.0800. The zero-order chi connectivity index (χ0) is 11.8. The van der Waals surface area contributed by atoms with Gasteiger partial charge in [0.2, 0.25) is 0 Å². The van der Waals surface area contributed by atoms with Gasteiger partial charge in [-0.25, -0.2) is 0 Å². The molecule has 2 heteroatoms. The second-order valence-electron chi connectivity index (χ2n) is 6.34. The molecule has 0 N–H and O–H groups in total. The Bertz CT molecular complexity index is 258. The monoisotopic (exact) mass is 238 g/mol. The summed E-state index contributed by atoms with van der Waals surface area (Å²) >= 11 is 0. The SMILES string of the molecule is CCC(C1CCC(C)OC1)C1CCC2OC2C1. The molecule has 17 heavy (non-hydrogen) atoms. The van der Waals surface area contributed by atoms with Crippen molar-refractivity contribution in [1.82, 2.24) is 0 Å². The zero-order valence-corrected chi connectivity index (χ0v) is 11.2. The van der Waals surface area contributed by atoms with E-state index >= 15 is 0 Å². The van der Waals surface area contributed by atoms with Crippen LogP contribution in [0.15, 0.2) is 0 Å². The minimum absolute atomic E-state index is 0.492. The van der Waals surface area contributed by atoms with E-state index < -0.39 is 0 Å². The predicted octanol–water partition coefficient (Wildman–Crippen LogP) is 3.40. The number of epoxide rings is 1. The fourth-order valence-corrected chi connectivity index (χ4v) is 4.12. The van der Waals surface area contributed by atoms with E-state index in [-0.39, 0.29) is 0 Å². The number of hydrogen-bond donors (Lipinski definition) is 0. The lowest BCUT2D eigenvalue weighted by Crippen LogP contribution is -2.34. The summed E-state index contributed by atoms with van der Waals surface area (Å²) in [5.74, 6) is 2.61. The van der Waals surface area contributed by atoms with Crippen molar-refractivity contribution in [1.29, 1.82) is 0 Å². The minimum atomic E-state index is 0.492. The van der Waals surface area contributed by atoms with Gasteiger partial charge in [-0.2, -0.15) is 0 Å². The number of ether oxygens (including phenoxy) is 2. The van der Waals surface area contributed by atoms with Crippen LogP contribution in [-0.4, -0.2) is 24.9 Å². The van der Waals surface area contributed by atoms with Gasteiger partial charge in [0.25, 0.3) is 0 Å². The van der Waals surface area contributed by atoms with Gasteiger partial charge < -0.3 is 9.47 Å². The van der Waals surface area contributed by atoms with Gasteiger partial charge in [-0.3, -0.25) is 0 Å². The average molecular weight is 238 g/mol.